The molecule has 0 aliphatic carbocycles. The topological polar surface area (TPSA) is 73.1 Å². The van der Waals surface area contributed by atoms with Crippen molar-refractivity contribution in [3.63, 3.8) is 0 Å². The Morgan fingerprint density at radius 1 is 1.17 bits per heavy atom. The smallest absolute Gasteiger partial charge is 0.387 e. The van der Waals surface area contributed by atoms with E-state index >= 15 is 0 Å². The van der Waals surface area contributed by atoms with Crippen LogP contribution < -0.4 is 15.8 Å². The van der Waals surface area contributed by atoms with E-state index in [-0.39, 0.29) is 5.75 Å². The average molecular weight is 252 g/mol. The van der Waals surface area contributed by atoms with Crippen molar-refractivity contribution in [2.24, 2.45) is 0 Å². The molecule has 1 aromatic carbocycles. The zero-order valence-electron chi connectivity index (χ0n) is 9.18. The molecule has 2 rings (SSSR count). The van der Waals surface area contributed by atoms with Gasteiger partial charge in [0.2, 0.25) is 5.95 Å². The van der Waals surface area contributed by atoms with Gasteiger partial charge in [0.1, 0.15) is 11.6 Å². The van der Waals surface area contributed by atoms with Gasteiger partial charge >= 0.3 is 6.61 Å². The molecule has 1 aromatic heterocycles. The van der Waals surface area contributed by atoms with Crippen LogP contribution in [0, 0.1) is 0 Å². The van der Waals surface area contributed by atoms with E-state index in [1.165, 1.54) is 18.3 Å². The standard InChI is InChI=1S/C11H10F2N4O/c12-10(13)18-8-3-1-7(2-4-8)16-11-15-6-5-9(14)17-11/h1-6,10H,(H3,14,15,16,17). The van der Waals surface area contributed by atoms with Gasteiger partial charge in [0.15, 0.2) is 0 Å². The largest absolute Gasteiger partial charge is 0.435 e. The molecule has 1 heterocycles. The first-order valence-electron chi connectivity index (χ1n) is 5.04. The minimum absolute atomic E-state index is 0.0871. The number of nitrogens with two attached hydrogens (primary N) is 1. The zero-order chi connectivity index (χ0) is 13.0. The molecule has 0 atom stereocenters. The third-order valence-corrected chi connectivity index (χ3v) is 2.01. The summed E-state index contributed by atoms with van der Waals surface area (Å²) in [5.41, 5.74) is 6.14. The van der Waals surface area contributed by atoms with Crippen molar-refractivity contribution in [2.75, 3.05) is 11.1 Å². The van der Waals surface area contributed by atoms with Gasteiger partial charge in [-0.05, 0) is 30.3 Å². The first-order valence-corrected chi connectivity index (χ1v) is 5.04. The van der Waals surface area contributed by atoms with Crippen molar-refractivity contribution in [3.05, 3.63) is 36.5 Å². The summed E-state index contributed by atoms with van der Waals surface area (Å²) in [7, 11) is 0. The molecule has 0 spiro atoms. The Bertz CT molecular complexity index is 519. The number of nitrogen functional groups attached to an aromatic ring is 1. The average Bonchev–Trinajstić information content (AvgIpc) is 2.31. The predicted octanol–water partition coefficient (Wildman–Crippen LogP) is 2.40. The van der Waals surface area contributed by atoms with Crippen LogP contribution in [0.2, 0.25) is 0 Å². The Labute approximate surface area is 102 Å². The molecule has 2 aromatic rings. The van der Waals surface area contributed by atoms with E-state index < -0.39 is 6.61 Å². The number of nitrogens with zero attached hydrogens (tertiary/aromatic N) is 2. The summed E-state index contributed by atoms with van der Waals surface area (Å²) in [6.45, 7) is -2.83. The number of benzene rings is 1. The molecule has 3 N–H and O–H groups in total. The van der Waals surface area contributed by atoms with Gasteiger partial charge in [-0.1, -0.05) is 0 Å². The molecule has 0 aliphatic rings. The Hall–Kier alpha value is -2.44. The molecule has 0 fully saturated rings. The minimum atomic E-state index is -2.83. The molecule has 7 heteroatoms. The number of rotatable bonds is 4. The maximum atomic E-state index is 11.9. The van der Waals surface area contributed by atoms with Gasteiger partial charge in [-0.3, -0.25) is 0 Å². The van der Waals surface area contributed by atoms with Crippen LogP contribution in [0.4, 0.5) is 26.2 Å². The number of anilines is 3. The maximum Gasteiger partial charge on any atom is 0.387 e. The van der Waals surface area contributed by atoms with Gasteiger partial charge in [-0.2, -0.15) is 13.8 Å². The van der Waals surface area contributed by atoms with Gasteiger partial charge in [0.05, 0.1) is 0 Å². The van der Waals surface area contributed by atoms with E-state index in [9.17, 15) is 8.78 Å². The van der Waals surface area contributed by atoms with E-state index in [0.717, 1.165) is 0 Å². The fourth-order valence-electron chi connectivity index (χ4n) is 1.28. The third-order valence-electron chi connectivity index (χ3n) is 2.01. The molecule has 0 bridgehead atoms. The second-order valence-electron chi connectivity index (χ2n) is 3.33. The Morgan fingerprint density at radius 3 is 2.50 bits per heavy atom. The molecule has 0 radical (unpaired) electrons. The Morgan fingerprint density at radius 2 is 1.89 bits per heavy atom. The highest BCUT2D eigenvalue weighted by Gasteiger charge is 2.04. The van der Waals surface area contributed by atoms with E-state index in [0.29, 0.717) is 17.5 Å². The van der Waals surface area contributed by atoms with Crippen LogP contribution in [-0.2, 0) is 0 Å². The summed E-state index contributed by atoms with van der Waals surface area (Å²) in [6, 6.07) is 7.54. The van der Waals surface area contributed by atoms with Gasteiger partial charge in [0, 0.05) is 11.9 Å². The van der Waals surface area contributed by atoms with Crippen molar-refractivity contribution in [2.45, 2.75) is 6.61 Å². The van der Waals surface area contributed by atoms with Gasteiger partial charge in [0.25, 0.3) is 0 Å². The normalized spacial score (nSPS) is 10.4. The SMILES string of the molecule is Nc1ccnc(Nc2ccc(OC(F)F)cc2)n1. The van der Waals surface area contributed by atoms with Crippen molar-refractivity contribution < 1.29 is 13.5 Å². The lowest BCUT2D eigenvalue weighted by Crippen LogP contribution is -2.02. The lowest BCUT2D eigenvalue weighted by molar-refractivity contribution is -0.0498. The number of aromatic nitrogens is 2. The van der Waals surface area contributed by atoms with E-state index in [2.05, 4.69) is 20.0 Å². The van der Waals surface area contributed by atoms with E-state index in [1.54, 1.807) is 18.2 Å². The van der Waals surface area contributed by atoms with E-state index in [1.807, 2.05) is 0 Å². The highest BCUT2D eigenvalue weighted by atomic mass is 19.3. The Kier molecular flexibility index (Phi) is 3.52. The van der Waals surface area contributed by atoms with Crippen LogP contribution in [-0.4, -0.2) is 16.6 Å². The number of ether oxygens (including phenoxy) is 1. The predicted molar refractivity (Wildman–Crippen MR) is 62.8 cm³/mol. The number of halogens is 2. The summed E-state index contributed by atoms with van der Waals surface area (Å²) in [4.78, 5) is 7.90. The number of nitrogens with one attached hydrogen (secondary N) is 1. The van der Waals surface area contributed by atoms with Gasteiger partial charge in [-0.25, -0.2) is 4.98 Å². The molecule has 5 nitrogen and oxygen atoms in total. The lowest BCUT2D eigenvalue weighted by Gasteiger charge is -2.07. The molecular weight excluding hydrogens is 242 g/mol. The number of hydrogen-bond acceptors (Lipinski definition) is 5. The first kappa shape index (κ1) is 12.0. The van der Waals surface area contributed by atoms with Crippen LogP contribution in [0.1, 0.15) is 0 Å². The molecule has 94 valence electrons. The van der Waals surface area contributed by atoms with Gasteiger partial charge in [-0.15, -0.1) is 0 Å². The van der Waals surface area contributed by atoms with E-state index in [4.69, 9.17) is 5.73 Å². The van der Waals surface area contributed by atoms with Crippen LogP contribution in [0.15, 0.2) is 36.5 Å². The lowest BCUT2D eigenvalue weighted by atomic mass is 10.3. The molecule has 18 heavy (non-hydrogen) atoms. The molecular formula is C11H10F2N4O. The fraction of sp³-hybridized carbons (Fsp3) is 0.0909. The van der Waals surface area contributed by atoms with Crippen molar-refractivity contribution in [3.8, 4) is 5.75 Å². The molecule has 0 saturated heterocycles. The summed E-state index contributed by atoms with van der Waals surface area (Å²) >= 11 is 0. The monoisotopic (exact) mass is 252 g/mol. The fourth-order valence-corrected chi connectivity index (χ4v) is 1.28. The number of alkyl halides is 2. The highest BCUT2D eigenvalue weighted by molar-refractivity contribution is 5.55. The summed E-state index contributed by atoms with van der Waals surface area (Å²) in [6.07, 6.45) is 1.51. The van der Waals surface area contributed by atoms with Crippen LogP contribution >= 0.6 is 0 Å². The molecule has 0 amide bonds. The minimum Gasteiger partial charge on any atom is -0.435 e. The molecule has 0 unspecified atom stereocenters. The zero-order valence-corrected chi connectivity index (χ0v) is 9.18. The molecule has 0 saturated carbocycles. The summed E-state index contributed by atoms with van der Waals surface area (Å²) < 4.78 is 28.1. The summed E-state index contributed by atoms with van der Waals surface area (Å²) in [5.74, 6) is 0.756. The van der Waals surface area contributed by atoms with Crippen molar-refractivity contribution in [1.82, 2.24) is 9.97 Å². The van der Waals surface area contributed by atoms with Crippen molar-refractivity contribution >= 4 is 17.5 Å². The Balaban J connectivity index is 2.06. The van der Waals surface area contributed by atoms with Gasteiger partial charge < -0.3 is 15.8 Å². The second kappa shape index (κ2) is 5.26. The quantitative estimate of drug-likeness (QED) is 0.874. The number of hydrogen-bond donors (Lipinski definition) is 2. The third kappa shape index (κ3) is 3.27. The second-order valence-corrected chi connectivity index (χ2v) is 3.33. The van der Waals surface area contributed by atoms with Crippen LogP contribution in [0.3, 0.4) is 0 Å². The molecule has 0 aliphatic heterocycles. The van der Waals surface area contributed by atoms with Crippen LogP contribution in [0.25, 0.3) is 0 Å². The van der Waals surface area contributed by atoms with Crippen molar-refractivity contribution in [1.29, 1.82) is 0 Å². The summed E-state index contributed by atoms with van der Waals surface area (Å²) in [5, 5.41) is 2.88. The maximum absolute atomic E-state index is 11.9. The highest BCUT2D eigenvalue weighted by Crippen LogP contribution is 2.19. The first-order chi connectivity index (χ1) is 8.63. The van der Waals surface area contributed by atoms with Crippen LogP contribution in [0.5, 0.6) is 5.75 Å².